The fraction of sp³-hybridized carbons (Fsp3) is 0.786. The second kappa shape index (κ2) is 4.82. The molecule has 1 aliphatic heterocycles. The van der Waals surface area contributed by atoms with Gasteiger partial charge in [-0.1, -0.05) is 20.8 Å². The third-order valence-electron chi connectivity index (χ3n) is 4.39. The maximum Gasteiger partial charge on any atom is 0.151 e. The molecule has 2 aliphatic rings. The van der Waals surface area contributed by atoms with E-state index in [1.165, 1.54) is 0 Å². The van der Waals surface area contributed by atoms with Crippen LogP contribution in [0.1, 0.15) is 40.0 Å². The smallest absolute Gasteiger partial charge is 0.151 e. The van der Waals surface area contributed by atoms with Crippen LogP contribution >= 0.6 is 0 Å². The Balaban J connectivity index is 2.19. The van der Waals surface area contributed by atoms with E-state index in [-0.39, 0.29) is 17.0 Å². The Morgan fingerprint density at radius 2 is 1.89 bits per heavy atom. The molecule has 2 rings (SSSR count). The van der Waals surface area contributed by atoms with Gasteiger partial charge in [0.15, 0.2) is 11.6 Å². The van der Waals surface area contributed by atoms with Crippen molar-refractivity contribution in [3.05, 3.63) is 0 Å². The van der Waals surface area contributed by atoms with E-state index in [0.717, 1.165) is 19.5 Å². The molecule has 0 aromatic rings. The summed E-state index contributed by atoms with van der Waals surface area (Å²) in [6.07, 6.45) is 1.95. The Morgan fingerprint density at radius 3 is 2.33 bits per heavy atom. The molecule has 100 valence electrons. The van der Waals surface area contributed by atoms with Crippen molar-refractivity contribution in [3.8, 4) is 0 Å². The lowest BCUT2D eigenvalue weighted by Crippen LogP contribution is -2.49. The van der Waals surface area contributed by atoms with Crippen molar-refractivity contribution in [1.29, 1.82) is 0 Å². The molecule has 0 aromatic carbocycles. The van der Waals surface area contributed by atoms with Crippen LogP contribution in [-0.2, 0) is 9.59 Å². The maximum atomic E-state index is 12.3. The van der Waals surface area contributed by atoms with Crippen LogP contribution in [0.5, 0.6) is 0 Å². The van der Waals surface area contributed by atoms with Gasteiger partial charge in [0, 0.05) is 25.9 Å². The predicted molar refractivity (Wildman–Crippen MR) is 70.6 cm³/mol. The molecule has 4 heteroatoms. The van der Waals surface area contributed by atoms with Gasteiger partial charge in [0.2, 0.25) is 0 Å². The lowest BCUT2D eigenvalue weighted by atomic mass is 9.64. The zero-order valence-electron chi connectivity index (χ0n) is 11.5. The van der Waals surface area contributed by atoms with Gasteiger partial charge < -0.3 is 5.32 Å². The fourth-order valence-corrected chi connectivity index (χ4v) is 2.70. The van der Waals surface area contributed by atoms with Crippen LogP contribution in [0, 0.1) is 17.3 Å². The van der Waals surface area contributed by atoms with Crippen molar-refractivity contribution in [1.82, 2.24) is 5.32 Å². The van der Waals surface area contributed by atoms with E-state index in [1.54, 1.807) is 0 Å². The molecule has 0 unspecified atom stereocenters. The van der Waals surface area contributed by atoms with Gasteiger partial charge in [-0.2, -0.15) is 0 Å². The van der Waals surface area contributed by atoms with Gasteiger partial charge in [0.1, 0.15) is 11.8 Å². The van der Waals surface area contributed by atoms with Crippen LogP contribution in [-0.4, -0.2) is 30.5 Å². The molecular weight excluding hydrogens is 228 g/mol. The molecule has 0 spiro atoms. The molecule has 0 aromatic heterocycles. The minimum absolute atomic E-state index is 0.0376. The molecule has 1 fully saturated rings. The average molecular weight is 250 g/mol. The largest absolute Gasteiger partial charge is 0.373 e. The van der Waals surface area contributed by atoms with Gasteiger partial charge in [0.05, 0.1) is 0 Å². The third kappa shape index (κ3) is 2.33. The highest BCUT2D eigenvalue weighted by Gasteiger charge is 2.45. The Bertz CT molecular complexity index is 381. The zero-order chi connectivity index (χ0) is 13.3. The Labute approximate surface area is 108 Å². The van der Waals surface area contributed by atoms with Gasteiger partial charge in [-0.3, -0.25) is 14.6 Å². The second-order valence-corrected chi connectivity index (χ2v) is 6.08. The number of Topliss-reactive ketones (excluding diaryl/α,β-unsaturated/α-hetero) is 2. The summed E-state index contributed by atoms with van der Waals surface area (Å²) >= 11 is 0. The lowest BCUT2D eigenvalue weighted by molar-refractivity contribution is -0.138. The van der Waals surface area contributed by atoms with Crippen molar-refractivity contribution < 1.29 is 9.59 Å². The number of hydrogen-bond acceptors (Lipinski definition) is 4. The summed E-state index contributed by atoms with van der Waals surface area (Å²) in [6, 6.07) is 0. The molecule has 0 amide bonds. The highest BCUT2D eigenvalue weighted by molar-refractivity contribution is 6.22. The molecule has 1 heterocycles. The van der Waals surface area contributed by atoms with E-state index < -0.39 is 5.92 Å². The molecule has 0 saturated heterocycles. The van der Waals surface area contributed by atoms with E-state index >= 15 is 0 Å². The minimum atomic E-state index is -0.614. The average Bonchev–Trinajstić information content (AvgIpc) is 2.29. The molecule has 1 N–H and O–H groups in total. The zero-order valence-corrected chi connectivity index (χ0v) is 11.5. The molecule has 0 atom stereocenters. The Kier molecular flexibility index (Phi) is 3.55. The first kappa shape index (κ1) is 13.2. The van der Waals surface area contributed by atoms with Gasteiger partial charge in [0.25, 0.3) is 0 Å². The van der Waals surface area contributed by atoms with Gasteiger partial charge in [-0.15, -0.1) is 0 Å². The summed E-state index contributed by atoms with van der Waals surface area (Å²) in [4.78, 5) is 28.9. The summed E-state index contributed by atoms with van der Waals surface area (Å²) in [6.45, 7) is 7.74. The number of rotatable bonds is 2. The highest BCUT2D eigenvalue weighted by Crippen LogP contribution is 2.41. The van der Waals surface area contributed by atoms with E-state index in [0.29, 0.717) is 24.6 Å². The summed E-state index contributed by atoms with van der Waals surface area (Å²) in [7, 11) is 0. The van der Waals surface area contributed by atoms with Crippen LogP contribution in [0.3, 0.4) is 0 Å². The van der Waals surface area contributed by atoms with Crippen molar-refractivity contribution in [3.63, 3.8) is 0 Å². The van der Waals surface area contributed by atoms with Crippen molar-refractivity contribution in [2.24, 2.45) is 22.2 Å². The third-order valence-corrected chi connectivity index (χ3v) is 4.39. The normalized spacial score (nSPS) is 33.3. The molecule has 0 bridgehead atoms. The topological polar surface area (TPSA) is 58.5 Å². The molecule has 4 nitrogen and oxygen atoms in total. The van der Waals surface area contributed by atoms with E-state index in [1.807, 2.05) is 6.92 Å². The Morgan fingerprint density at radius 1 is 1.28 bits per heavy atom. The quantitative estimate of drug-likeness (QED) is 0.757. The minimum Gasteiger partial charge on any atom is -0.373 e. The van der Waals surface area contributed by atoms with E-state index in [4.69, 9.17) is 0 Å². The van der Waals surface area contributed by atoms with E-state index in [9.17, 15) is 9.59 Å². The van der Waals surface area contributed by atoms with Crippen LogP contribution < -0.4 is 5.32 Å². The van der Waals surface area contributed by atoms with Crippen LogP contribution in [0.25, 0.3) is 0 Å². The number of nitrogens with zero attached hydrogens (tertiary/aromatic N) is 1. The van der Waals surface area contributed by atoms with Crippen LogP contribution in [0.2, 0.25) is 0 Å². The van der Waals surface area contributed by atoms with Crippen molar-refractivity contribution in [2.45, 2.75) is 40.0 Å². The van der Waals surface area contributed by atoms with E-state index in [2.05, 4.69) is 24.2 Å². The summed E-state index contributed by atoms with van der Waals surface area (Å²) in [5.74, 6) is 0.415. The maximum absolute atomic E-state index is 12.3. The number of carbonyl (C=O) groups excluding carboxylic acids is 2. The Hall–Kier alpha value is -1.19. The number of aliphatic imine (C=N–C) groups is 1. The second-order valence-electron chi connectivity index (χ2n) is 6.08. The summed E-state index contributed by atoms with van der Waals surface area (Å²) in [5.41, 5.74) is -0.181. The molecule has 0 radical (unpaired) electrons. The standard InChI is InChI=1S/C14H22N2O2/c1-9(2)14(3)7-10(17)12(11(18)8-14)13-15-5-4-6-16-13/h9,12H,4-8H2,1-3H3,(H,15,16). The van der Waals surface area contributed by atoms with Crippen LogP contribution in [0.4, 0.5) is 0 Å². The first-order chi connectivity index (χ1) is 8.44. The number of ketones is 2. The van der Waals surface area contributed by atoms with Gasteiger partial charge in [-0.05, 0) is 17.8 Å². The molecule has 18 heavy (non-hydrogen) atoms. The summed E-state index contributed by atoms with van der Waals surface area (Å²) < 4.78 is 0. The first-order valence-electron chi connectivity index (χ1n) is 6.78. The van der Waals surface area contributed by atoms with Crippen molar-refractivity contribution in [2.75, 3.05) is 13.1 Å². The summed E-state index contributed by atoms with van der Waals surface area (Å²) in [5, 5.41) is 3.11. The SMILES string of the molecule is CC(C)C1(C)CC(=O)C(C2=NCCCN2)C(=O)C1. The predicted octanol–water partition coefficient (Wildman–Crippen LogP) is 1.59. The van der Waals surface area contributed by atoms with Crippen LogP contribution in [0.15, 0.2) is 4.99 Å². The molecule has 1 aliphatic carbocycles. The van der Waals surface area contributed by atoms with Gasteiger partial charge in [-0.25, -0.2) is 0 Å². The highest BCUT2D eigenvalue weighted by atomic mass is 16.2. The lowest BCUT2D eigenvalue weighted by Gasteiger charge is -2.39. The van der Waals surface area contributed by atoms with Gasteiger partial charge >= 0.3 is 0 Å². The monoisotopic (exact) mass is 250 g/mol. The number of amidine groups is 1. The molecule has 1 saturated carbocycles. The molecular formula is C14H22N2O2. The fourth-order valence-electron chi connectivity index (χ4n) is 2.70. The number of nitrogens with one attached hydrogen (secondary N) is 1. The van der Waals surface area contributed by atoms with Crippen molar-refractivity contribution >= 4 is 17.4 Å². The number of hydrogen-bond donors (Lipinski definition) is 1. The first-order valence-corrected chi connectivity index (χ1v) is 6.78. The number of carbonyl (C=O) groups is 2.